The summed E-state index contributed by atoms with van der Waals surface area (Å²) in [5.74, 6) is 0.361. The summed E-state index contributed by atoms with van der Waals surface area (Å²) in [5, 5.41) is 13.7. The Balaban J connectivity index is 2.63. The van der Waals surface area contributed by atoms with E-state index in [0.29, 0.717) is 11.4 Å². The molecule has 2 aromatic rings. The van der Waals surface area contributed by atoms with Gasteiger partial charge in [0.25, 0.3) is 0 Å². The van der Waals surface area contributed by atoms with Crippen molar-refractivity contribution in [2.45, 2.75) is 6.04 Å². The van der Waals surface area contributed by atoms with E-state index >= 15 is 0 Å². The molecule has 1 atom stereocenters. The van der Waals surface area contributed by atoms with Crippen molar-refractivity contribution in [1.82, 2.24) is 4.98 Å². The number of para-hydroxylation sites is 1. The van der Waals surface area contributed by atoms with Gasteiger partial charge in [-0.05, 0) is 17.7 Å². The predicted molar refractivity (Wildman–Crippen MR) is 67.3 cm³/mol. The first kappa shape index (κ1) is 12.2. The van der Waals surface area contributed by atoms with Crippen molar-refractivity contribution in [3.05, 3.63) is 46.3 Å². The highest BCUT2D eigenvalue weighted by Crippen LogP contribution is 2.29. The van der Waals surface area contributed by atoms with Crippen LogP contribution in [0.1, 0.15) is 11.6 Å². The topological polar surface area (TPSA) is 91.1 Å². The highest BCUT2D eigenvalue weighted by atomic mass is 16.5. The van der Waals surface area contributed by atoms with Gasteiger partial charge in [0, 0.05) is 15.9 Å². The van der Waals surface area contributed by atoms with Gasteiger partial charge in [0.05, 0.1) is 25.3 Å². The van der Waals surface area contributed by atoms with Crippen LogP contribution in [-0.2, 0) is 0 Å². The van der Waals surface area contributed by atoms with Gasteiger partial charge in [0.1, 0.15) is 0 Å². The number of hydrogen-bond donors (Lipinski definition) is 1. The van der Waals surface area contributed by atoms with Crippen LogP contribution in [0.3, 0.4) is 0 Å². The van der Waals surface area contributed by atoms with E-state index in [4.69, 9.17) is 10.3 Å². The van der Waals surface area contributed by atoms with Gasteiger partial charge in [-0.15, -0.1) is 0 Å². The van der Waals surface area contributed by atoms with E-state index in [0.717, 1.165) is 10.9 Å². The zero-order valence-electron chi connectivity index (χ0n) is 9.82. The first-order chi connectivity index (χ1) is 8.80. The molecular formula is C12H12N4O2. The maximum atomic E-state index is 9.25. The largest absolute Gasteiger partial charge is 0.481 e. The Morgan fingerprint density at radius 1 is 1.50 bits per heavy atom. The van der Waals surface area contributed by atoms with E-state index in [9.17, 15) is 5.11 Å². The first-order valence-electron chi connectivity index (χ1n) is 5.39. The third-order valence-corrected chi connectivity index (χ3v) is 2.63. The maximum absolute atomic E-state index is 9.25. The number of fused-ring (bicyclic) bond motifs is 1. The Kier molecular flexibility index (Phi) is 3.62. The summed E-state index contributed by atoms with van der Waals surface area (Å²) in [6.45, 7) is -0.291. The molecule has 0 saturated heterocycles. The number of aliphatic hydroxyl groups is 1. The number of aromatic nitrogens is 1. The minimum atomic E-state index is -0.693. The van der Waals surface area contributed by atoms with Crippen LogP contribution in [0.15, 0.2) is 35.4 Å². The van der Waals surface area contributed by atoms with Gasteiger partial charge in [-0.1, -0.05) is 23.3 Å². The second kappa shape index (κ2) is 5.35. The number of aliphatic hydroxyl groups excluding tert-OH is 1. The van der Waals surface area contributed by atoms with Gasteiger partial charge in [0.2, 0.25) is 5.88 Å². The molecule has 0 amide bonds. The number of nitrogens with zero attached hydrogens (tertiary/aromatic N) is 4. The second-order valence-corrected chi connectivity index (χ2v) is 3.68. The van der Waals surface area contributed by atoms with Crippen molar-refractivity contribution >= 4 is 10.9 Å². The molecule has 6 nitrogen and oxygen atoms in total. The van der Waals surface area contributed by atoms with Crippen LogP contribution < -0.4 is 4.74 Å². The van der Waals surface area contributed by atoms with E-state index in [1.54, 1.807) is 0 Å². The molecule has 92 valence electrons. The van der Waals surface area contributed by atoms with E-state index in [2.05, 4.69) is 15.0 Å². The smallest absolute Gasteiger partial charge is 0.217 e. The van der Waals surface area contributed by atoms with Crippen LogP contribution >= 0.6 is 0 Å². The highest BCUT2D eigenvalue weighted by molar-refractivity contribution is 5.80. The molecule has 1 N–H and O–H groups in total. The number of hydrogen-bond acceptors (Lipinski definition) is 4. The zero-order valence-corrected chi connectivity index (χ0v) is 9.82. The van der Waals surface area contributed by atoms with Gasteiger partial charge >= 0.3 is 0 Å². The lowest BCUT2D eigenvalue weighted by molar-refractivity contribution is 0.264. The van der Waals surface area contributed by atoms with Gasteiger partial charge in [0.15, 0.2) is 0 Å². The molecule has 6 heteroatoms. The average molecular weight is 244 g/mol. The quantitative estimate of drug-likeness (QED) is 0.509. The molecular weight excluding hydrogens is 232 g/mol. The summed E-state index contributed by atoms with van der Waals surface area (Å²) in [7, 11) is 1.49. The summed E-state index contributed by atoms with van der Waals surface area (Å²) >= 11 is 0. The van der Waals surface area contributed by atoms with Gasteiger partial charge in [-0.2, -0.15) is 0 Å². The van der Waals surface area contributed by atoms with Crippen LogP contribution in [0.5, 0.6) is 5.88 Å². The van der Waals surface area contributed by atoms with E-state index < -0.39 is 6.04 Å². The molecule has 0 radical (unpaired) electrons. The Morgan fingerprint density at radius 2 is 2.28 bits per heavy atom. The molecule has 1 aromatic carbocycles. The minimum Gasteiger partial charge on any atom is -0.481 e. The van der Waals surface area contributed by atoms with Crippen molar-refractivity contribution in [2.75, 3.05) is 13.7 Å². The van der Waals surface area contributed by atoms with Crippen molar-refractivity contribution in [2.24, 2.45) is 5.11 Å². The molecule has 18 heavy (non-hydrogen) atoms. The molecule has 0 spiro atoms. The van der Waals surface area contributed by atoms with Gasteiger partial charge in [-0.3, -0.25) is 0 Å². The van der Waals surface area contributed by atoms with Crippen LogP contribution in [0.2, 0.25) is 0 Å². The molecule has 2 rings (SSSR count). The van der Waals surface area contributed by atoms with Crippen molar-refractivity contribution in [1.29, 1.82) is 0 Å². The maximum Gasteiger partial charge on any atom is 0.217 e. The lowest BCUT2D eigenvalue weighted by Gasteiger charge is -2.13. The molecule has 0 bridgehead atoms. The van der Waals surface area contributed by atoms with E-state index in [-0.39, 0.29) is 6.61 Å². The highest BCUT2D eigenvalue weighted by Gasteiger charge is 2.16. The fourth-order valence-electron chi connectivity index (χ4n) is 1.78. The number of azide groups is 1. The molecule has 1 unspecified atom stereocenters. The SMILES string of the molecule is COc1nc2ccccc2cc1C(CO)N=[N+]=[N-]. The third-order valence-electron chi connectivity index (χ3n) is 2.63. The molecule has 1 heterocycles. The minimum absolute atomic E-state index is 0.291. The fourth-order valence-corrected chi connectivity index (χ4v) is 1.78. The number of methoxy groups -OCH3 is 1. The summed E-state index contributed by atoms with van der Waals surface area (Å²) in [6.07, 6.45) is 0. The Morgan fingerprint density at radius 3 is 2.94 bits per heavy atom. The van der Waals surface area contributed by atoms with Crippen LogP contribution in [0.25, 0.3) is 21.3 Å². The van der Waals surface area contributed by atoms with Gasteiger partial charge in [-0.25, -0.2) is 4.98 Å². The molecule has 0 aliphatic rings. The van der Waals surface area contributed by atoms with Crippen LogP contribution in [0.4, 0.5) is 0 Å². The molecule has 0 fully saturated rings. The standard InChI is InChI=1S/C12H12N4O2/c1-18-12-9(11(7-17)15-16-13)6-8-4-2-3-5-10(8)14-12/h2-6,11,17H,7H2,1H3. The fraction of sp³-hybridized carbons (Fsp3) is 0.250. The predicted octanol–water partition coefficient (Wildman–Crippen LogP) is 2.59. The normalized spacial score (nSPS) is 11.9. The Hall–Kier alpha value is -2.30. The molecule has 0 aliphatic heterocycles. The Bertz CT molecular complexity index is 608. The lowest BCUT2D eigenvalue weighted by Crippen LogP contribution is -2.04. The summed E-state index contributed by atoms with van der Waals surface area (Å²) in [4.78, 5) is 7.05. The Labute approximate surface area is 103 Å². The number of ether oxygens (including phenoxy) is 1. The van der Waals surface area contributed by atoms with E-state index in [1.807, 2.05) is 30.3 Å². The van der Waals surface area contributed by atoms with Crippen molar-refractivity contribution < 1.29 is 9.84 Å². The molecule has 0 saturated carbocycles. The number of rotatable bonds is 4. The summed E-state index contributed by atoms with van der Waals surface area (Å²) in [5.41, 5.74) is 9.86. The lowest BCUT2D eigenvalue weighted by atomic mass is 10.1. The summed E-state index contributed by atoms with van der Waals surface area (Å²) in [6, 6.07) is 8.66. The number of benzene rings is 1. The molecule has 0 aliphatic carbocycles. The number of pyridine rings is 1. The summed E-state index contributed by atoms with van der Waals surface area (Å²) < 4.78 is 5.18. The van der Waals surface area contributed by atoms with Gasteiger partial charge < -0.3 is 9.84 Å². The first-order valence-corrected chi connectivity index (χ1v) is 5.39. The molecule has 1 aromatic heterocycles. The van der Waals surface area contributed by atoms with E-state index in [1.165, 1.54) is 7.11 Å². The van der Waals surface area contributed by atoms with Crippen LogP contribution in [0, 0.1) is 0 Å². The monoisotopic (exact) mass is 244 g/mol. The second-order valence-electron chi connectivity index (χ2n) is 3.68. The third kappa shape index (κ3) is 2.20. The van der Waals surface area contributed by atoms with Crippen molar-refractivity contribution in [3.8, 4) is 5.88 Å². The van der Waals surface area contributed by atoms with Crippen molar-refractivity contribution in [3.63, 3.8) is 0 Å². The van der Waals surface area contributed by atoms with Crippen LogP contribution in [-0.4, -0.2) is 23.8 Å². The zero-order chi connectivity index (χ0) is 13.0. The average Bonchev–Trinajstić information content (AvgIpc) is 2.43.